The van der Waals surface area contributed by atoms with Gasteiger partial charge in [0.2, 0.25) is 5.91 Å². The lowest BCUT2D eigenvalue weighted by Gasteiger charge is -2.32. The molecule has 0 aliphatic heterocycles. The van der Waals surface area contributed by atoms with Crippen molar-refractivity contribution in [3.05, 3.63) is 59.7 Å². The van der Waals surface area contributed by atoms with E-state index in [4.69, 9.17) is 4.74 Å². The molecule has 35 heavy (non-hydrogen) atoms. The van der Waals surface area contributed by atoms with E-state index >= 15 is 0 Å². The normalized spacial score (nSPS) is 16.2. The van der Waals surface area contributed by atoms with Gasteiger partial charge >= 0.3 is 12.1 Å². The van der Waals surface area contributed by atoms with Crippen LogP contribution in [0.25, 0.3) is 11.1 Å². The lowest BCUT2D eigenvalue weighted by Crippen LogP contribution is -2.50. The molecular formula is C28H34N2O5. The zero-order chi connectivity index (χ0) is 25.1. The molecule has 7 nitrogen and oxygen atoms in total. The minimum Gasteiger partial charge on any atom is -0.480 e. The van der Waals surface area contributed by atoms with Crippen molar-refractivity contribution in [1.82, 2.24) is 10.2 Å². The number of benzene rings is 2. The molecule has 1 saturated carbocycles. The molecule has 0 saturated heterocycles. The second-order valence-electron chi connectivity index (χ2n) is 10.1. The summed E-state index contributed by atoms with van der Waals surface area (Å²) in [5, 5.41) is 12.1. The molecule has 4 rings (SSSR count). The molecule has 2 aromatic rings. The van der Waals surface area contributed by atoms with Gasteiger partial charge in [-0.15, -0.1) is 0 Å². The predicted octanol–water partition coefficient (Wildman–Crippen LogP) is 4.51. The first kappa shape index (κ1) is 24.8. The summed E-state index contributed by atoms with van der Waals surface area (Å²) in [4.78, 5) is 38.9. The maximum absolute atomic E-state index is 13.3. The third-order valence-electron chi connectivity index (χ3n) is 7.04. The van der Waals surface area contributed by atoms with E-state index < -0.39 is 24.0 Å². The van der Waals surface area contributed by atoms with Crippen molar-refractivity contribution >= 4 is 18.0 Å². The molecule has 186 valence electrons. The zero-order valence-electron chi connectivity index (χ0n) is 20.6. The summed E-state index contributed by atoms with van der Waals surface area (Å²) in [5.74, 6) is -1.57. The van der Waals surface area contributed by atoms with Crippen LogP contribution in [0.2, 0.25) is 0 Å². The Kier molecular flexibility index (Phi) is 7.43. The highest BCUT2D eigenvalue weighted by atomic mass is 16.5. The molecule has 0 aromatic heterocycles. The van der Waals surface area contributed by atoms with E-state index in [1.807, 2.05) is 38.1 Å². The Bertz CT molecular complexity index is 1050. The summed E-state index contributed by atoms with van der Waals surface area (Å²) in [6.45, 7) is 5.92. The monoisotopic (exact) mass is 478 g/mol. The van der Waals surface area contributed by atoms with Crippen LogP contribution in [0.1, 0.15) is 50.7 Å². The number of nitrogens with one attached hydrogen (secondary N) is 1. The number of carbonyl (C=O) groups is 3. The highest BCUT2D eigenvalue weighted by Gasteiger charge is 2.36. The molecule has 2 aliphatic carbocycles. The maximum Gasteiger partial charge on any atom is 0.407 e. The Morgan fingerprint density at radius 2 is 1.57 bits per heavy atom. The van der Waals surface area contributed by atoms with Gasteiger partial charge in [-0.1, -0.05) is 62.4 Å². The Hall–Kier alpha value is -3.35. The van der Waals surface area contributed by atoms with E-state index in [2.05, 4.69) is 29.6 Å². The summed E-state index contributed by atoms with van der Waals surface area (Å²) in [6, 6.07) is 15.8. The molecule has 0 heterocycles. The van der Waals surface area contributed by atoms with Gasteiger partial charge in [-0.3, -0.25) is 9.59 Å². The Morgan fingerprint density at radius 1 is 1.00 bits per heavy atom. The number of carboxylic acid groups (broad SMARTS) is 1. The summed E-state index contributed by atoms with van der Waals surface area (Å²) in [6.07, 6.45) is 1.46. The van der Waals surface area contributed by atoms with Crippen LogP contribution >= 0.6 is 0 Å². The number of nitrogens with zero attached hydrogens (tertiary/aromatic N) is 1. The van der Waals surface area contributed by atoms with E-state index in [-0.39, 0.29) is 30.9 Å². The standard InChI is InChI=1S/C28H34N2O5/c1-17(2)26(27(33)30(15-25(31)32)14-19-12-13-19)18(3)29-28(34)35-16-24-22-10-6-4-8-20(22)21-9-5-7-11-23(21)24/h4-11,17-19,24,26H,12-16H2,1-3H3,(H,29,34)(H,31,32). The van der Waals surface area contributed by atoms with Gasteiger partial charge in [0.05, 0.1) is 5.92 Å². The molecule has 2 aliphatic rings. The van der Waals surface area contributed by atoms with Gasteiger partial charge in [0.25, 0.3) is 0 Å². The van der Waals surface area contributed by atoms with Crippen molar-refractivity contribution in [2.45, 2.75) is 45.6 Å². The van der Waals surface area contributed by atoms with E-state index in [0.717, 1.165) is 35.1 Å². The van der Waals surface area contributed by atoms with Gasteiger partial charge in [-0.05, 0) is 53.9 Å². The number of carboxylic acids is 1. The molecule has 2 atom stereocenters. The Balaban J connectivity index is 1.40. The molecule has 2 amide bonds. The van der Waals surface area contributed by atoms with Gasteiger partial charge in [0.15, 0.2) is 0 Å². The van der Waals surface area contributed by atoms with Crippen LogP contribution in [0.5, 0.6) is 0 Å². The fourth-order valence-corrected chi connectivity index (χ4v) is 5.21. The smallest absolute Gasteiger partial charge is 0.407 e. The Labute approximate surface area is 206 Å². The number of alkyl carbamates (subject to hydrolysis) is 1. The van der Waals surface area contributed by atoms with Crippen LogP contribution < -0.4 is 5.32 Å². The van der Waals surface area contributed by atoms with E-state index in [0.29, 0.717) is 12.5 Å². The van der Waals surface area contributed by atoms with Crippen LogP contribution in [0.3, 0.4) is 0 Å². The van der Waals surface area contributed by atoms with Crippen molar-refractivity contribution < 1.29 is 24.2 Å². The molecule has 2 aromatic carbocycles. The van der Waals surface area contributed by atoms with E-state index in [1.165, 1.54) is 4.90 Å². The van der Waals surface area contributed by atoms with Crippen LogP contribution in [0.15, 0.2) is 48.5 Å². The van der Waals surface area contributed by atoms with E-state index in [1.54, 1.807) is 6.92 Å². The molecule has 2 N–H and O–H groups in total. The van der Waals surface area contributed by atoms with Crippen LogP contribution in [-0.4, -0.2) is 53.7 Å². The van der Waals surface area contributed by atoms with Crippen molar-refractivity contribution in [2.24, 2.45) is 17.8 Å². The number of carbonyl (C=O) groups excluding carboxylic acids is 2. The second-order valence-corrected chi connectivity index (χ2v) is 10.1. The van der Waals surface area contributed by atoms with Gasteiger partial charge in [-0.25, -0.2) is 4.79 Å². The highest BCUT2D eigenvalue weighted by molar-refractivity contribution is 5.84. The van der Waals surface area contributed by atoms with Gasteiger partial charge in [0.1, 0.15) is 13.2 Å². The topological polar surface area (TPSA) is 95.9 Å². The highest BCUT2D eigenvalue weighted by Crippen LogP contribution is 2.44. The number of ether oxygens (including phenoxy) is 1. The summed E-state index contributed by atoms with van der Waals surface area (Å²) >= 11 is 0. The molecule has 0 radical (unpaired) electrons. The van der Waals surface area contributed by atoms with Crippen molar-refractivity contribution in [1.29, 1.82) is 0 Å². The number of hydrogen-bond acceptors (Lipinski definition) is 4. The van der Waals surface area contributed by atoms with Gasteiger partial charge in [0, 0.05) is 18.5 Å². The number of fused-ring (bicyclic) bond motifs is 3. The first-order valence-corrected chi connectivity index (χ1v) is 12.4. The molecule has 0 bridgehead atoms. The molecule has 2 unspecified atom stereocenters. The fourth-order valence-electron chi connectivity index (χ4n) is 5.21. The van der Waals surface area contributed by atoms with Crippen LogP contribution in [-0.2, 0) is 14.3 Å². The largest absolute Gasteiger partial charge is 0.480 e. The lowest BCUT2D eigenvalue weighted by molar-refractivity contribution is -0.147. The van der Waals surface area contributed by atoms with Crippen LogP contribution in [0, 0.1) is 17.8 Å². The molecule has 7 heteroatoms. The minimum atomic E-state index is -1.03. The maximum atomic E-state index is 13.3. The summed E-state index contributed by atoms with van der Waals surface area (Å²) in [7, 11) is 0. The fraction of sp³-hybridized carbons (Fsp3) is 0.464. The predicted molar refractivity (Wildman–Crippen MR) is 133 cm³/mol. The summed E-state index contributed by atoms with van der Waals surface area (Å²) in [5.41, 5.74) is 4.58. The SMILES string of the molecule is CC(C)C(C(=O)N(CC(=O)O)CC1CC1)C(C)NC(=O)OCC1c2ccccc2-c2ccccc21. The zero-order valence-corrected chi connectivity index (χ0v) is 20.6. The third-order valence-corrected chi connectivity index (χ3v) is 7.04. The van der Waals surface area contributed by atoms with Crippen molar-refractivity contribution in [2.75, 3.05) is 19.7 Å². The third kappa shape index (κ3) is 5.66. The van der Waals surface area contributed by atoms with Crippen molar-refractivity contribution in [3.8, 4) is 11.1 Å². The first-order chi connectivity index (χ1) is 16.8. The molecule has 1 fully saturated rings. The number of aliphatic carboxylic acids is 1. The van der Waals surface area contributed by atoms with Gasteiger partial charge < -0.3 is 20.1 Å². The van der Waals surface area contributed by atoms with Crippen molar-refractivity contribution in [3.63, 3.8) is 0 Å². The second kappa shape index (κ2) is 10.5. The lowest BCUT2D eigenvalue weighted by atomic mass is 9.87. The number of amides is 2. The van der Waals surface area contributed by atoms with E-state index in [9.17, 15) is 19.5 Å². The number of rotatable bonds is 10. The average Bonchev–Trinajstić information content (AvgIpc) is 3.57. The summed E-state index contributed by atoms with van der Waals surface area (Å²) < 4.78 is 5.65. The minimum absolute atomic E-state index is 0.0458. The average molecular weight is 479 g/mol. The first-order valence-electron chi connectivity index (χ1n) is 12.4. The quantitative estimate of drug-likeness (QED) is 0.524. The molecular weight excluding hydrogens is 444 g/mol. The Morgan fingerprint density at radius 3 is 2.09 bits per heavy atom. The van der Waals surface area contributed by atoms with Gasteiger partial charge in [-0.2, -0.15) is 0 Å². The van der Waals surface area contributed by atoms with Crippen LogP contribution in [0.4, 0.5) is 4.79 Å². The molecule has 0 spiro atoms. The number of hydrogen-bond donors (Lipinski definition) is 2.